The monoisotopic (exact) mass is 309 g/mol. The molecule has 1 amide bonds. The summed E-state index contributed by atoms with van der Waals surface area (Å²) >= 11 is 5.89. The second kappa shape index (κ2) is 7.14. The van der Waals surface area contributed by atoms with E-state index in [0.29, 0.717) is 22.4 Å². The Hall–Kier alpha value is -1.26. The van der Waals surface area contributed by atoms with Gasteiger partial charge in [0.2, 0.25) is 5.91 Å². The molecule has 21 heavy (non-hydrogen) atoms. The molecule has 0 radical (unpaired) electrons. The Balaban J connectivity index is 2.02. The van der Waals surface area contributed by atoms with Crippen molar-refractivity contribution in [3.05, 3.63) is 23.2 Å². The second-order valence-corrected chi connectivity index (χ2v) is 6.08. The Labute approximate surface area is 131 Å². The molecule has 1 atom stereocenters. The van der Waals surface area contributed by atoms with Crippen LogP contribution in [0.3, 0.4) is 0 Å². The molecule has 1 fully saturated rings. The molecule has 0 bridgehead atoms. The van der Waals surface area contributed by atoms with Crippen molar-refractivity contribution in [1.82, 2.24) is 4.90 Å². The molecular weight excluding hydrogens is 286 g/mol. The Morgan fingerprint density at radius 2 is 2.14 bits per heavy atom. The van der Waals surface area contributed by atoms with E-state index in [1.165, 1.54) is 25.7 Å². The molecule has 2 rings (SSSR count). The predicted molar refractivity (Wildman–Crippen MR) is 88.6 cm³/mol. The van der Waals surface area contributed by atoms with Crippen molar-refractivity contribution >= 4 is 28.9 Å². The number of carbonyl (C=O) groups is 1. The molecule has 1 aromatic rings. The maximum absolute atomic E-state index is 12.4. The Kier molecular flexibility index (Phi) is 5.48. The zero-order chi connectivity index (χ0) is 15.4. The lowest BCUT2D eigenvalue weighted by atomic mass is 10.1. The standard InChI is InChI=1S/C16H24ClN3O/c1-3-20(13-6-4-5-7-13)11(2)16(21)19-12-8-9-14(17)15(18)10-12/h8-11,13H,3-7,18H2,1-2H3,(H,19,21). The molecule has 0 aromatic heterocycles. The minimum absolute atomic E-state index is 0.00507. The third kappa shape index (κ3) is 3.89. The van der Waals surface area contributed by atoms with Gasteiger partial charge in [0.1, 0.15) is 0 Å². The van der Waals surface area contributed by atoms with Gasteiger partial charge in [0.05, 0.1) is 16.8 Å². The van der Waals surface area contributed by atoms with Crippen LogP contribution in [0, 0.1) is 0 Å². The summed E-state index contributed by atoms with van der Waals surface area (Å²) in [5, 5.41) is 3.43. The van der Waals surface area contributed by atoms with Gasteiger partial charge in [-0.3, -0.25) is 9.69 Å². The number of rotatable bonds is 5. The van der Waals surface area contributed by atoms with Crippen molar-refractivity contribution in [1.29, 1.82) is 0 Å². The molecule has 116 valence electrons. The number of nitrogens with one attached hydrogen (secondary N) is 1. The highest BCUT2D eigenvalue weighted by Gasteiger charge is 2.28. The molecule has 1 aliphatic rings. The normalized spacial score (nSPS) is 17.1. The molecule has 1 saturated carbocycles. The van der Waals surface area contributed by atoms with Crippen LogP contribution in [0.4, 0.5) is 11.4 Å². The summed E-state index contributed by atoms with van der Waals surface area (Å²) in [6.45, 7) is 4.97. The van der Waals surface area contributed by atoms with E-state index in [4.69, 9.17) is 17.3 Å². The second-order valence-electron chi connectivity index (χ2n) is 5.67. The first-order valence-corrected chi connectivity index (χ1v) is 8.02. The van der Waals surface area contributed by atoms with Gasteiger partial charge in [0.15, 0.2) is 0 Å². The van der Waals surface area contributed by atoms with Crippen LogP contribution in [0.15, 0.2) is 18.2 Å². The summed E-state index contributed by atoms with van der Waals surface area (Å²) in [7, 11) is 0. The number of hydrogen-bond acceptors (Lipinski definition) is 3. The topological polar surface area (TPSA) is 58.4 Å². The SMILES string of the molecule is CCN(C1CCCC1)C(C)C(=O)Nc1ccc(Cl)c(N)c1. The molecule has 1 aliphatic carbocycles. The van der Waals surface area contributed by atoms with E-state index in [1.807, 2.05) is 6.92 Å². The Bertz CT molecular complexity index is 500. The molecule has 4 nitrogen and oxygen atoms in total. The van der Waals surface area contributed by atoms with Crippen LogP contribution in [0.1, 0.15) is 39.5 Å². The quantitative estimate of drug-likeness (QED) is 0.818. The zero-order valence-corrected chi connectivity index (χ0v) is 13.5. The Morgan fingerprint density at radius 3 is 2.71 bits per heavy atom. The van der Waals surface area contributed by atoms with Crippen LogP contribution in [0.2, 0.25) is 5.02 Å². The van der Waals surface area contributed by atoms with Gasteiger partial charge in [-0.2, -0.15) is 0 Å². The first-order valence-electron chi connectivity index (χ1n) is 7.64. The lowest BCUT2D eigenvalue weighted by Gasteiger charge is -2.32. The maximum Gasteiger partial charge on any atom is 0.241 e. The van der Waals surface area contributed by atoms with E-state index in [1.54, 1.807) is 18.2 Å². The first kappa shape index (κ1) is 16.1. The third-order valence-electron chi connectivity index (χ3n) is 4.30. The highest BCUT2D eigenvalue weighted by molar-refractivity contribution is 6.33. The van der Waals surface area contributed by atoms with Gasteiger partial charge in [0, 0.05) is 11.7 Å². The van der Waals surface area contributed by atoms with Crippen LogP contribution in [0.5, 0.6) is 0 Å². The summed E-state index contributed by atoms with van der Waals surface area (Å²) in [6.07, 6.45) is 4.92. The number of nitrogens with zero attached hydrogens (tertiary/aromatic N) is 1. The summed E-state index contributed by atoms with van der Waals surface area (Å²) in [6, 6.07) is 5.56. The van der Waals surface area contributed by atoms with Crippen molar-refractivity contribution < 1.29 is 4.79 Å². The van der Waals surface area contributed by atoms with Gasteiger partial charge in [-0.05, 0) is 44.5 Å². The van der Waals surface area contributed by atoms with Gasteiger partial charge in [-0.15, -0.1) is 0 Å². The summed E-state index contributed by atoms with van der Waals surface area (Å²) in [4.78, 5) is 14.7. The molecule has 0 aliphatic heterocycles. The van der Waals surface area contributed by atoms with E-state index >= 15 is 0 Å². The minimum atomic E-state index is -0.144. The van der Waals surface area contributed by atoms with Crippen molar-refractivity contribution in [2.75, 3.05) is 17.6 Å². The number of anilines is 2. The molecule has 0 spiro atoms. The van der Waals surface area contributed by atoms with Gasteiger partial charge in [0.25, 0.3) is 0 Å². The fourth-order valence-electron chi connectivity index (χ4n) is 3.10. The smallest absolute Gasteiger partial charge is 0.241 e. The number of amides is 1. The number of halogens is 1. The molecule has 1 aromatic carbocycles. The number of carbonyl (C=O) groups excluding carboxylic acids is 1. The molecule has 0 saturated heterocycles. The van der Waals surface area contributed by atoms with Crippen molar-refractivity contribution in [3.8, 4) is 0 Å². The highest BCUT2D eigenvalue weighted by atomic mass is 35.5. The average molecular weight is 310 g/mol. The van der Waals surface area contributed by atoms with Crippen LogP contribution in [-0.2, 0) is 4.79 Å². The van der Waals surface area contributed by atoms with Crippen molar-refractivity contribution in [2.24, 2.45) is 0 Å². The van der Waals surface area contributed by atoms with Crippen LogP contribution in [0.25, 0.3) is 0 Å². The average Bonchev–Trinajstić information content (AvgIpc) is 2.97. The van der Waals surface area contributed by atoms with Gasteiger partial charge in [-0.1, -0.05) is 31.4 Å². The van der Waals surface area contributed by atoms with Crippen LogP contribution < -0.4 is 11.1 Å². The van der Waals surface area contributed by atoms with Crippen molar-refractivity contribution in [3.63, 3.8) is 0 Å². The number of benzene rings is 1. The van der Waals surface area contributed by atoms with Gasteiger partial charge in [-0.25, -0.2) is 0 Å². The highest BCUT2D eigenvalue weighted by Crippen LogP contribution is 2.26. The van der Waals surface area contributed by atoms with E-state index in [0.717, 1.165) is 6.54 Å². The number of hydrogen-bond donors (Lipinski definition) is 2. The summed E-state index contributed by atoms with van der Waals surface area (Å²) in [5.74, 6) is 0.00507. The molecular formula is C16H24ClN3O. The van der Waals surface area contributed by atoms with E-state index in [9.17, 15) is 4.79 Å². The fraction of sp³-hybridized carbons (Fsp3) is 0.562. The van der Waals surface area contributed by atoms with E-state index in [2.05, 4.69) is 17.1 Å². The molecule has 5 heteroatoms. The maximum atomic E-state index is 12.4. The first-order chi connectivity index (χ1) is 10.0. The van der Waals surface area contributed by atoms with Crippen LogP contribution in [-0.4, -0.2) is 29.4 Å². The molecule has 0 heterocycles. The lowest BCUT2D eigenvalue weighted by Crippen LogP contribution is -2.46. The zero-order valence-electron chi connectivity index (χ0n) is 12.7. The Morgan fingerprint density at radius 1 is 1.48 bits per heavy atom. The molecule has 1 unspecified atom stereocenters. The number of nitrogen functional groups attached to an aromatic ring is 1. The van der Waals surface area contributed by atoms with E-state index < -0.39 is 0 Å². The van der Waals surface area contributed by atoms with E-state index in [-0.39, 0.29) is 11.9 Å². The van der Waals surface area contributed by atoms with Gasteiger partial charge >= 0.3 is 0 Å². The number of nitrogens with two attached hydrogens (primary N) is 1. The van der Waals surface area contributed by atoms with Crippen molar-refractivity contribution in [2.45, 2.75) is 51.6 Å². The van der Waals surface area contributed by atoms with Crippen LogP contribution >= 0.6 is 11.6 Å². The number of likely N-dealkylation sites (N-methyl/N-ethyl adjacent to an activating group) is 1. The van der Waals surface area contributed by atoms with Gasteiger partial charge < -0.3 is 11.1 Å². The summed E-state index contributed by atoms with van der Waals surface area (Å²) in [5.41, 5.74) is 6.93. The lowest BCUT2D eigenvalue weighted by molar-refractivity contribution is -0.121. The largest absolute Gasteiger partial charge is 0.397 e. The molecule has 3 N–H and O–H groups in total. The third-order valence-corrected chi connectivity index (χ3v) is 4.64. The minimum Gasteiger partial charge on any atom is -0.397 e. The predicted octanol–water partition coefficient (Wildman–Crippen LogP) is 3.51. The summed E-state index contributed by atoms with van der Waals surface area (Å²) < 4.78 is 0. The fourth-order valence-corrected chi connectivity index (χ4v) is 3.22.